The predicted octanol–water partition coefficient (Wildman–Crippen LogP) is 2.85. The molecule has 20 heavy (non-hydrogen) atoms. The molecule has 0 N–H and O–H groups in total. The number of rotatable bonds is 8. The van der Waals surface area contributed by atoms with E-state index in [4.69, 9.17) is 10.8 Å². The highest BCUT2D eigenvalue weighted by molar-refractivity contribution is 5.70. The first-order valence-electron chi connectivity index (χ1n) is 7.10. The van der Waals surface area contributed by atoms with Crippen molar-refractivity contribution < 1.29 is 25.2 Å². The molecule has 0 fully saturated rings. The summed E-state index contributed by atoms with van der Waals surface area (Å²) in [6.07, 6.45) is 1.95. The van der Waals surface area contributed by atoms with E-state index in [0.717, 1.165) is 19.3 Å². The van der Waals surface area contributed by atoms with E-state index in [1.165, 1.54) is 6.92 Å². The van der Waals surface area contributed by atoms with Crippen LogP contribution in [-0.4, -0.2) is 19.0 Å². The molecule has 0 amide bonds. The highest BCUT2D eigenvalue weighted by Crippen LogP contribution is 2.29. The molecular weight excluding hydrogens is 260 g/mol. The number of unbranched alkanes of at least 4 members (excludes halogenated alkanes) is 2. The minimum atomic E-state index is -1.09. The zero-order valence-corrected chi connectivity index (χ0v) is 11.8. The molecule has 0 aliphatic heterocycles. The van der Waals surface area contributed by atoms with E-state index in [1.54, 1.807) is 18.2 Å². The molecule has 0 spiro atoms. The van der Waals surface area contributed by atoms with Crippen LogP contribution < -0.4 is 9.47 Å². The summed E-state index contributed by atoms with van der Waals surface area (Å²) in [4.78, 5) is 21.6. The van der Waals surface area contributed by atoms with Crippen LogP contribution >= 0.6 is 0 Å². The van der Waals surface area contributed by atoms with E-state index in [2.05, 4.69) is 11.7 Å². The Bertz CT molecular complexity index is 487. The lowest BCUT2D eigenvalue weighted by Crippen LogP contribution is -2.06. The van der Waals surface area contributed by atoms with Crippen molar-refractivity contribution in [1.82, 2.24) is 0 Å². The minimum Gasteiger partial charge on any atom is -0.490 e. The lowest BCUT2D eigenvalue weighted by Gasteiger charge is -2.12. The average molecular weight is 281 g/mol. The molecule has 0 saturated heterocycles. The summed E-state index contributed by atoms with van der Waals surface area (Å²) in [7, 11) is 0. The monoisotopic (exact) mass is 281 g/mol. The Morgan fingerprint density at radius 3 is 2.80 bits per heavy atom. The summed E-state index contributed by atoms with van der Waals surface area (Å²) in [6.45, 7) is 3.91. The molecule has 0 aliphatic carbocycles. The Morgan fingerprint density at radius 1 is 1.35 bits per heavy atom. The van der Waals surface area contributed by atoms with Gasteiger partial charge in [-0.3, -0.25) is 9.59 Å². The Hall–Kier alpha value is -2.04. The third-order valence-corrected chi connectivity index (χ3v) is 2.57. The number of hydrogen-bond acceptors (Lipinski definition) is 5. The first-order chi connectivity index (χ1) is 10.0. The van der Waals surface area contributed by atoms with Gasteiger partial charge >= 0.3 is 5.97 Å². The van der Waals surface area contributed by atoms with E-state index in [-0.39, 0.29) is 6.61 Å². The van der Waals surface area contributed by atoms with Crippen LogP contribution in [0.25, 0.3) is 0 Å². The van der Waals surface area contributed by atoms with Crippen molar-refractivity contribution >= 4 is 12.4 Å². The number of carbonyl (C=O) groups is 2. The molecule has 0 unspecified atom stereocenters. The first-order valence-corrected chi connectivity index (χ1v) is 6.60. The number of hydrogen-bond donors (Lipinski definition) is 0. The zero-order chi connectivity index (χ0) is 15.7. The molecule has 5 heteroatoms. The van der Waals surface area contributed by atoms with Crippen molar-refractivity contribution in [2.24, 2.45) is 0 Å². The Kier molecular flexibility index (Phi) is 6.44. The van der Waals surface area contributed by atoms with Gasteiger partial charge in [-0.15, -0.1) is 0 Å². The number of esters is 1. The van der Waals surface area contributed by atoms with Gasteiger partial charge in [0, 0.05) is 6.92 Å². The zero-order valence-electron chi connectivity index (χ0n) is 12.8. The molecule has 0 heterocycles. The highest BCUT2D eigenvalue weighted by atomic mass is 16.6. The third kappa shape index (κ3) is 5.73. The van der Waals surface area contributed by atoms with E-state index < -0.39 is 12.4 Å². The van der Waals surface area contributed by atoms with Crippen LogP contribution in [0.15, 0.2) is 18.2 Å². The Labute approximate surface area is 120 Å². The normalized spacial score (nSPS) is 10.6. The van der Waals surface area contributed by atoms with E-state index in [9.17, 15) is 9.59 Å². The summed E-state index contributed by atoms with van der Waals surface area (Å²) in [5, 5.41) is 0. The molecule has 5 nitrogen and oxygen atoms in total. The fourth-order valence-corrected chi connectivity index (χ4v) is 1.64. The maximum atomic E-state index is 11.1. The van der Waals surface area contributed by atoms with Crippen molar-refractivity contribution in [1.29, 1.82) is 0 Å². The second kappa shape index (κ2) is 8.96. The summed E-state index contributed by atoms with van der Waals surface area (Å²) < 4.78 is 22.0. The van der Waals surface area contributed by atoms with Crippen molar-refractivity contribution in [2.45, 2.75) is 39.7 Å². The van der Waals surface area contributed by atoms with Crippen LogP contribution in [0.1, 0.15) is 40.0 Å². The lowest BCUT2D eigenvalue weighted by molar-refractivity contribution is -0.132. The second-order valence-electron chi connectivity index (χ2n) is 4.30. The number of ether oxygens (including phenoxy) is 3. The summed E-state index contributed by atoms with van der Waals surface area (Å²) in [6, 6.07) is 4.89. The second-order valence-corrected chi connectivity index (χ2v) is 4.30. The fourth-order valence-electron chi connectivity index (χ4n) is 1.64. The van der Waals surface area contributed by atoms with Crippen LogP contribution in [-0.2, 0) is 20.9 Å². The molecule has 1 rings (SSSR count). The number of benzene rings is 1. The van der Waals surface area contributed by atoms with Crippen LogP contribution in [0, 0.1) is 0 Å². The maximum Gasteiger partial charge on any atom is 0.308 e. The van der Waals surface area contributed by atoms with Crippen LogP contribution in [0.3, 0.4) is 0 Å². The number of carbonyl (C=O) groups excluding carboxylic acids is 2. The largest absolute Gasteiger partial charge is 0.490 e. The van der Waals surface area contributed by atoms with Gasteiger partial charge in [0.25, 0.3) is 6.45 Å². The van der Waals surface area contributed by atoms with Crippen molar-refractivity contribution in [3.05, 3.63) is 23.8 Å². The van der Waals surface area contributed by atoms with Crippen molar-refractivity contribution in [3.8, 4) is 11.5 Å². The molecule has 0 radical (unpaired) electrons. The van der Waals surface area contributed by atoms with Gasteiger partial charge in [-0.05, 0) is 24.1 Å². The Morgan fingerprint density at radius 2 is 2.15 bits per heavy atom. The van der Waals surface area contributed by atoms with Gasteiger partial charge in [0.05, 0.1) is 6.61 Å². The van der Waals surface area contributed by atoms with Gasteiger partial charge in [-0.25, -0.2) is 0 Å². The topological polar surface area (TPSA) is 61.8 Å². The average Bonchev–Trinajstić information content (AvgIpc) is 2.42. The molecule has 0 bridgehead atoms. The van der Waals surface area contributed by atoms with Gasteiger partial charge in [-0.2, -0.15) is 0 Å². The fraction of sp³-hybridized carbons (Fsp3) is 0.467. The molecular formula is C15H20O5. The Balaban J connectivity index is 2.77. The molecule has 0 aliphatic rings. The lowest BCUT2D eigenvalue weighted by atomic mass is 10.2. The summed E-state index contributed by atoms with van der Waals surface area (Å²) >= 11 is 0. The summed E-state index contributed by atoms with van der Waals surface area (Å²) in [5.74, 6) is 0.332. The van der Waals surface area contributed by atoms with E-state index in [0.29, 0.717) is 23.7 Å². The molecule has 0 saturated carbocycles. The predicted molar refractivity (Wildman–Crippen MR) is 73.6 cm³/mol. The minimum absolute atomic E-state index is 0.0198. The van der Waals surface area contributed by atoms with Gasteiger partial charge < -0.3 is 14.2 Å². The molecule has 0 aromatic heterocycles. The maximum absolute atomic E-state index is 11.1. The van der Waals surface area contributed by atoms with Gasteiger partial charge in [0.2, 0.25) is 0 Å². The molecule has 1 aromatic carbocycles. The standard InChI is InChI=1S/C15H20O5/c1-3-4-5-8-19-15-9-13(10-18-11-16)6-7-14(15)20-12(2)17/h6-7,9,11H,3-5,8,10H2,1-2H3/i11D. The highest BCUT2D eigenvalue weighted by Gasteiger charge is 2.09. The van der Waals surface area contributed by atoms with Gasteiger partial charge in [0.1, 0.15) is 6.61 Å². The SMILES string of the molecule is [2H]C(=O)OCc1ccc(OC(C)=O)c(OCCCCC)c1. The van der Waals surface area contributed by atoms with Crippen molar-refractivity contribution in [2.75, 3.05) is 6.61 Å². The molecule has 1 aromatic rings. The van der Waals surface area contributed by atoms with Crippen LogP contribution in [0.4, 0.5) is 0 Å². The van der Waals surface area contributed by atoms with Gasteiger partial charge in [-0.1, -0.05) is 25.8 Å². The first kappa shape index (κ1) is 14.4. The van der Waals surface area contributed by atoms with Crippen molar-refractivity contribution in [3.63, 3.8) is 0 Å². The van der Waals surface area contributed by atoms with E-state index >= 15 is 0 Å². The smallest absolute Gasteiger partial charge is 0.308 e. The van der Waals surface area contributed by atoms with Gasteiger partial charge in [0.15, 0.2) is 12.9 Å². The molecule has 110 valence electrons. The quantitative estimate of drug-likeness (QED) is 0.317. The van der Waals surface area contributed by atoms with Crippen LogP contribution in [0.2, 0.25) is 0 Å². The van der Waals surface area contributed by atoms with Crippen LogP contribution in [0.5, 0.6) is 11.5 Å². The molecule has 0 atom stereocenters. The summed E-state index contributed by atoms with van der Waals surface area (Å²) in [5.41, 5.74) is 0.664. The van der Waals surface area contributed by atoms with E-state index in [1.807, 2.05) is 0 Å². The third-order valence-electron chi connectivity index (χ3n) is 2.57.